The minimum Gasteiger partial charge on any atom is -0.496 e. The molecule has 0 atom stereocenters. The molecule has 0 heterocycles. The zero-order chi connectivity index (χ0) is 14.0. The molecule has 2 aromatic carbocycles. The highest BCUT2D eigenvalue weighted by Crippen LogP contribution is 2.25. The van der Waals surface area contributed by atoms with Gasteiger partial charge in [0.05, 0.1) is 12.7 Å². The van der Waals surface area contributed by atoms with Gasteiger partial charge in [0.25, 0.3) is 0 Å². The molecule has 0 aliphatic rings. The summed E-state index contributed by atoms with van der Waals surface area (Å²) in [4.78, 5) is 12.5. The van der Waals surface area contributed by atoms with Crippen molar-refractivity contribution in [2.75, 3.05) is 7.11 Å². The molecule has 0 N–H and O–H groups in total. The van der Waals surface area contributed by atoms with Gasteiger partial charge in [-0.25, -0.2) is 0 Å². The first kappa shape index (κ1) is 14.3. The number of halogens is 2. The van der Waals surface area contributed by atoms with Gasteiger partial charge in [0.15, 0.2) is 5.78 Å². The number of rotatable bonds is 3. The van der Waals surface area contributed by atoms with E-state index >= 15 is 0 Å². The predicted molar refractivity (Wildman–Crippen MR) is 85.3 cm³/mol. The van der Waals surface area contributed by atoms with Crippen molar-refractivity contribution in [3.05, 3.63) is 61.7 Å². The molecule has 2 rings (SSSR count). The van der Waals surface area contributed by atoms with Crippen molar-refractivity contribution in [1.82, 2.24) is 0 Å². The van der Waals surface area contributed by atoms with Crippen LogP contribution >= 0.6 is 34.2 Å². The van der Waals surface area contributed by atoms with Gasteiger partial charge < -0.3 is 4.74 Å². The van der Waals surface area contributed by atoms with Gasteiger partial charge in [-0.3, -0.25) is 4.79 Å². The number of benzene rings is 2. The third-order valence-corrected chi connectivity index (χ3v) is 3.92. The summed E-state index contributed by atoms with van der Waals surface area (Å²) in [6, 6.07) is 10.8. The van der Waals surface area contributed by atoms with Gasteiger partial charge in [0.2, 0.25) is 0 Å². The molecule has 0 spiro atoms. The molecule has 0 radical (unpaired) electrons. The SMILES string of the molecule is COc1ccc(I)cc1C(=O)c1ccc(Cl)c(C)c1. The van der Waals surface area contributed by atoms with Gasteiger partial charge in [-0.15, -0.1) is 0 Å². The van der Waals surface area contributed by atoms with Crippen LogP contribution in [0.2, 0.25) is 5.02 Å². The van der Waals surface area contributed by atoms with E-state index in [0.717, 1.165) is 9.13 Å². The first-order chi connectivity index (χ1) is 9.02. The van der Waals surface area contributed by atoms with E-state index in [2.05, 4.69) is 22.6 Å². The van der Waals surface area contributed by atoms with Crippen LogP contribution in [0.15, 0.2) is 36.4 Å². The summed E-state index contributed by atoms with van der Waals surface area (Å²) in [5.41, 5.74) is 2.07. The number of methoxy groups -OCH3 is 1. The van der Waals surface area contributed by atoms with E-state index < -0.39 is 0 Å². The minimum atomic E-state index is -0.0601. The van der Waals surface area contributed by atoms with Gasteiger partial charge in [0, 0.05) is 14.2 Å². The van der Waals surface area contributed by atoms with Crippen molar-refractivity contribution in [2.45, 2.75) is 6.92 Å². The maximum atomic E-state index is 12.5. The van der Waals surface area contributed by atoms with Crippen LogP contribution in [0.3, 0.4) is 0 Å². The second-order valence-corrected chi connectivity index (χ2v) is 5.79. The van der Waals surface area contributed by atoms with Crippen LogP contribution in [0.5, 0.6) is 5.75 Å². The Morgan fingerprint density at radius 1 is 1.21 bits per heavy atom. The Labute approximate surface area is 130 Å². The molecule has 0 amide bonds. The maximum absolute atomic E-state index is 12.5. The molecule has 0 aliphatic carbocycles. The van der Waals surface area contributed by atoms with Gasteiger partial charge in [0.1, 0.15) is 5.75 Å². The lowest BCUT2D eigenvalue weighted by atomic mass is 10.0. The number of ether oxygens (including phenoxy) is 1. The molecule has 19 heavy (non-hydrogen) atoms. The quantitative estimate of drug-likeness (QED) is 0.574. The monoisotopic (exact) mass is 386 g/mol. The molecule has 0 aliphatic heterocycles. The Kier molecular flexibility index (Phi) is 4.47. The smallest absolute Gasteiger partial charge is 0.196 e. The van der Waals surface area contributed by atoms with Crippen LogP contribution < -0.4 is 4.74 Å². The lowest BCUT2D eigenvalue weighted by Crippen LogP contribution is -2.04. The molecule has 0 saturated carbocycles. The number of hydrogen-bond donors (Lipinski definition) is 0. The Balaban J connectivity index is 2.49. The van der Waals surface area contributed by atoms with E-state index in [0.29, 0.717) is 21.9 Å². The zero-order valence-corrected chi connectivity index (χ0v) is 13.4. The van der Waals surface area contributed by atoms with Crippen molar-refractivity contribution >= 4 is 40.0 Å². The topological polar surface area (TPSA) is 26.3 Å². The highest BCUT2D eigenvalue weighted by Gasteiger charge is 2.15. The van der Waals surface area contributed by atoms with Crippen molar-refractivity contribution in [3.63, 3.8) is 0 Å². The van der Waals surface area contributed by atoms with Gasteiger partial charge in [-0.05, 0) is 71.5 Å². The number of ketones is 1. The first-order valence-electron chi connectivity index (χ1n) is 5.67. The Bertz CT molecular complexity index is 638. The van der Waals surface area contributed by atoms with Crippen LogP contribution in [-0.4, -0.2) is 12.9 Å². The van der Waals surface area contributed by atoms with E-state index in [-0.39, 0.29) is 5.78 Å². The van der Waals surface area contributed by atoms with Crippen LogP contribution in [0, 0.1) is 10.5 Å². The molecule has 0 aromatic heterocycles. The zero-order valence-electron chi connectivity index (χ0n) is 10.5. The second kappa shape index (κ2) is 5.92. The summed E-state index contributed by atoms with van der Waals surface area (Å²) < 4.78 is 6.24. The van der Waals surface area contributed by atoms with E-state index in [1.807, 2.05) is 19.1 Å². The highest BCUT2D eigenvalue weighted by molar-refractivity contribution is 14.1. The van der Waals surface area contributed by atoms with Gasteiger partial charge in [-0.2, -0.15) is 0 Å². The lowest BCUT2D eigenvalue weighted by molar-refractivity contribution is 0.103. The number of carbonyl (C=O) groups is 1. The van der Waals surface area contributed by atoms with Crippen molar-refractivity contribution in [1.29, 1.82) is 0 Å². The van der Waals surface area contributed by atoms with E-state index in [4.69, 9.17) is 16.3 Å². The fourth-order valence-electron chi connectivity index (χ4n) is 1.80. The average molecular weight is 387 g/mol. The Morgan fingerprint density at radius 3 is 2.58 bits per heavy atom. The standard InChI is InChI=1S/C15H12ClIO2/c1-9-7-10(3-5-13(9)16)15(18)12-8-11(17)4-6-14(12)19-2/h3-8H,1-2H3. The van der Waals surface area contributed by atoms with Crippen LogP contribution in [0.1, 0.15) is 21.5 Å². The van der Waals surface area contributed by atoms with Crippen LogP contribution in [-0.2, 0) is 0 Å². The summed E-state index contributed by atoms with van der Waals surface area (Å²) in [6.07, 6.45) is 0. The molecule has 0 saturated heterocycles. The number of aryl methyl sites for hydroxylation is 1. The summed E-state index contributed by atoms with van der Waals surface area (Å²) >= 11 is 8.15. The van der Waals surface area contributed by atoms with E-state index in [1.54, 1.807) is 31.4 Å². The molecule has 0 unspecified atom stereocenters. The fraction of sp³-hybridized carbons (Fsp3) is 0.133. The average Bonchev–Trinajstić information content (AvgIpc) is 2.41. The van der Waals surface area contributed by atoms with E-state index in [9.17, 15) is 4.79 Å². The van der Waals surface area contributed by atoms with Gasteiger partial charge in [-0.1, -0.05) is 11.6 Å². The Hall–Kier alpha value is -1.07. The molecule has 0 bridgehead atoms. The van der Waals surface area contributed by atoms with Crippen molar-refractivity contribution in [2.24, 2.45) is 0 Å². The lowest BCUT2D eigenvalue weighted by Gasteiger charge is -2.09. The molecule has 4 heteroatoms. The largest absolute Gasteiger partial charge is 0.496 e. The number of carbonyl (C=O) groups excluding carboxylic acids is 1. The van der Waals surface area contributed by atoms with E-state index in [1.165, 1.54) is 0 Å². The van der Waals surface area contributed by atoms with Crippen LogP contribution in [0.4, 0.5) is 0 Å². The summed E-state index contributed by atoms with van der Waals surface area (Å²) in [5, 5.41) is 0.658. The summed E-state index contributed by atoms with van der Waals surface area (Å²) in [6.45, 7) is 1.88. The summed E-state index contributed by atoms with van der Waals surface area (Å²) in [7, 11) is 1.56. The number of hydrogen-bond acceptors (Lipinski definition) is 2. The molecule has 0 fully saturated rings. The van der Waals surface area contributed by atoms with Crippen molar-refractivity contribution < 1.29 is 9.53 Å². The molecule has 2 nitrogen and oxygen atoms in total. The summed E-state index contributed by atoms with van der Waals surface area (Å²) in [5.74, 6) is 0.521. The van der Waals surface area contributed by atoms with Gasteiger partial charge >= 0.3 is 0 Å². The highest BCUT2D eigenvalue weighted by atomic mass is 127. The molecular weight excluding hydrogens is 375 g/mol. The Morgan fingerprint density at radius 2 is 1.95 bits per heavy atom. The van der Waals surface area contributed by atoms with Crippen molar-refractivity contribution in [3.8, 4) is 5.75 Å². The minimum absolute atomic E-state index is 0.0601. The third-order valence-electron chi connectivity index (χ3n) is 2.83. The maximum Gasteiger partial charge on any atom is 0.196 e. The molecule has 98 valence electrons. The first-order valence-corrected chi connectivity index (χ1v) is 7.13. The molecule has 2 aromatic rings. The fourth-order valence-corrected chi connectivity index (χ4v) is 2.41. The molecular formula is C15H12ClIO2. The van der Waals surface area contributed by atoms with Crippen LogP contribution in [0.25, 0.3) is 0 Å². The predicted octanol–water partition coefficient (Wildman–Crippen LogP) is 4.49. The normalized spacial score (nSPS) is 10.3. The second-order valence-electron chi connectivity index (χ2n) is 4.14. The third kappa shape index (κ3) is 3.09.